The lowest BCUT2D eigenvalue weighted by atomic mass is 10.2. The van der Waals surface area contributed by atoms with Crippen molar-refractivity contribution in [2.45, 2.75) is 6.54 Å². The molecule has 0 aliphatic rings. The molecule has 0 spiro atoms. The van der Waals surface area contributed by atoms with Crippen molar-refractivity contribution in [3.05, 3.63) is 65.7 Å². The molecule has 0 saturated heterocycles. The number of halogens is 2. The van der Waals surface area contributed by atoms with Gasteiger partial charge in [0.1, 0.15) is 17.4 Å². The zero-order valence-corrected chi connectivity index (χ0v) is 9.90. The summed E-state index contributed by atoms with van der Waals surface area (Å²) in [5.41, 5.74) is 0.322. The second-order valence-corrected chi connectivity index (χ2v) is 3.83. The Morgan fingerprint density at radius 1 is 1.05 bits per heavy atom. The molecule has 5 heteroatoms. The van der Waals surface area contributed by atoms with Crippen LogP contribution in [-0.2, 0) is 6.54 Å². The summed E-state index contributed by atoms with van der Waals surface area (Å²) in [6.45, 7) is -0.0135. The monoisotopic (exact) mass is 263 g/mol. The molecule has 3 nitrogen and oxygen atoms in total. The van der Waals surface area contributed by atoms with Crippen molar-refractivity contribution >= 4 is 6.09 Å². The average Bonchev–Trinajstić information content (AvgIpc) is 2.36. The molecule has 0 unspecified atom stereocenters. The van der Waals surface area contributed by atoms with Crippen LogP contribution >= 0.6 is 0 Å². The summed E-state index contributed by atoms with van der Waals surface area (Å²) in [6.07, 6.45) is -0.684. The molecule has 19 heavy (non-hydrogen) atoms. The summed E-state index contributed by atoms with van der Waals surface area (Å²) in [6, 6.07) is 11.6. The van der Waals surface area contributed by atoms with Crippen molar-refractivity contribution in [1.29, 1.82) is 0 Å². The molecule has 1 N–H and O–H groups in total. The van der Waals surface area contributed by atoms with E-state index in [1.54, 1.807) is 30.3 Å². The van der Waals surface area contributed by atoms with E-state index in [0.717, 1.165) is 18.2 Å². The Labute approximate surface area is 108 Å². The largest absolute Gasteiger partial charge is 0.412 e. The molecule has 0 atom stereocenters. The number of ether oxygens (including phenoxy) is 1. The quantitative estimate of drug-likeness (QED) is 0.923. The first-order valence-corrected chi connectivity index (χ1v) is 5.59. The maximum Gasteiger partial charge on any atom is 0.412 e. The lowest BCUT2D eigenvalue weighted by molar-refractivity contribution is 0.200. The maximum atomic E-state index is 12.9. The average molecular weight is 263 g/mol. The minimum atomic E-state index is -0.687. The van der Waals surface area contributed by atoms with Gasteiger partial charge in [-0.25, -0.2) is 13.6 Å². The Bertz CT molecular complexity index is 553. The van der Waals surface area contributed by atoms with Crippen LogP contribution in [0.1, 0.15) is 5.56 Å². The second kappa shape index (κ2) is 5.95. The van der Waals surface area contributed by atoms with Crippen molar-refractivity contribution in [1.82, 2.24) is 5.32 Å². The summed E-state index contributed by atoms with van der Waals surface area (Å²) >= 11 is 0. The van der Waals surface area contributed by atoms with Gasteiger partial charge < -0.3 is 10.1 Å². The molecule has 2 aromatic rings. The van der Waals surface area contributed by atoms with Crippen molar-refractivity contribution in [2.24, 2.45) is 0 Å². The predicted molar refractivity (Wildman–Crippen MR) is 65.7 cm³/mol. The van der Waals surface area contributed by atoms with Gasteiger partial charge in [0.25, 0.3) is 0 Å². The normalized spacial score (nSPS) is 10.0. The van der Waals surface area contributed by atoms with Gasteiger partial charge >= 0.3 is 6.09 Å². The molecule has 0 fully saturated rings. The van der Waals surface area contributed by atoms with E-state index in [0.29, 0.717) is 11.3 Å². The third kappa shape index (κ3) is 4.06. The highest BCUT2D eigenvalue weighted by Gasteiger charge is 2.05. The second-order valence-electron chi connectivity index (χ2n) is 3.83. The van der Waals surface area contributed by atoms with Crippen LogP contribution in [0, 0.1) is 11.6 Å². The molecule has 2 rings (SSSR count). The van der Waals surface area contributed by atoms with E-state index in [2.05, 4.69) is 5.32 Å². The Morgan fingerprint density at radius 3 is 2.32 bits per heavy atom. The third-order valence-corrected chi connectivity index (χ3v) is 2.31. The fraction of sp³-hybridized carbons (Fsp3) is 0.0714. The van der Waals surface area contributed by atoms with Gasteiger partial charge in [-0.15, -0.1) is 0 Å². The first-order valence-electron chi connectivity index (χ1n) is 5.59. The van der Waals surface area contributed by atoms with Crippen LogP contribution in [0.5, 0.6) is 5.75 Å². The van der Waals surface area contributed by atoms with E-state index in [-0.39, 0.29) is 6.54 Å². The number of para-hydroxylation sites is 1. The van der Waals surface area contributed by atoms with Gasteiger partial charge in [-0.2, -0.15) is 0 Å². The Morgan fingerprint density at radius 2 is 1.68 bits per heavy atom. The molecule has 0 bridgehead atoms. The molecular weight excluding hydrogens is 252 g/mol. The summed E-state index contributed by atoms with van der Waals surface area (Å²) in [5, 5.41) is 2.41. The van der Waals surface area contributed by atoms with E-state index in [1.165, 1.54) is 0 Å². The highest BCUT2D eigenvalue weighted by atomic mass is 19.1. The molecule has 0 aromatic heterocycles. The lowest BCUT2D eigenvalue weighted by Gasteiger charge is -2.06. The number of amides is 1. The van der Waals surface area contributed by atoms with Crippen LogP contribution in [-0.4, -0.2) is 6.09 Å². The van der Waals surface area contributed by atoms with Crippen LogP contribution < -0.4 is 10.1 Å². The zero-order chi connectivity index (χ0) is 13.7. The van der Waals surface area contributed by atoms with Crippen LogP contribution in [0.4, 0.5) is 13.6 Å². The predicted octanol–water partition coefficient (Wildman–Crippen LogP) is 3.25. The molecule has 0 saturated carbocycles. The van der Waals surface area contributed by atoms with Crippen molar-refractivity contribution in [2.75, 3.05) is 0 Å². The number of rotatable bonds is 3. The molecule has 0 heterocycles. The maximum absolute atomic E-state index is 12.9. The van der Waals surface area contributed by atoms with Gasteiger partial charge in [-0.05, 0) is 29.8 Å². The molecule has 1 amide bonds. The molecule has 0 aliphatic heterocycles. The van der Waals surface area contributed by atoms with Crippen molar-refractivity contribution in [3.8, 4) is 5.75 Å². The number of nitrogens with one attached hydrogen (secondary N) is 1. The number of benzene rings is 2. The van der Waals surface area contributed by atoms with E-state index in [9.17, 15) is 13.6 Å². The van der Waals surface area contributed by atoms with Crippen molar-refractivity contribution < 1.29 is 18.3 Å². The van der Waals surface area contributed by atoms with E-state index in [1.807, 2.05) is 0 Å². The van der Waals surface area contributed by atoms with Gasteiger partial charge in [-0.3, -0.25) is 0 Å². The van der Waals surface area contributed by atoms with Gasteiger partial charge in [-0.1, -0.05) is 18.2 Å². The molecule has 2 aromatic carbocycles. The van der Waals surface area contributed by atoms with Crippen LogP contribution in [0.25, 0.3) is 0 Å². The van der Waals surface area contributed by atoms with Crippen molar-refractivity contribution in [3.63, 3.8) is 0 Å². The van der Waals surface area contributed by atoms with E-state index in [4.69, 9.17) is 4.74 Å². The number of carbonyl (C=O) groups is 1. The lowest BCUT2D eigenvalue weighted by Crippen LogP contribution is -2.26. The summed E-state index contributed by atoms with van der Waals surface area (Å²) in [7, 11) is 0. The topological polar surface area (TPSA) is 38.3 Å². The minimum absolute atomic E-state index is 0.0135. The SMILES string of the molecule is O=C(NCc1cc(F)cc(F)c1)Oc1ccccc1. The molecule has 98 valence electrons. The van der Waals surface area contributed by atoms with Gasteiger partial charge in [0.15, 0.2) is 0 Å². The summed E-state index contributed by atoms with van der Waals surface area (Å²) < 4.78 is 30.8. The Kier molecular flexibility index (Phi) is 4.07. The Hall–Kier alpha value is -2.43. The van der Waals surface area contributed by atoms with E-state index < -0.39 is 17.7 Å². The van der Waals surface area contributed by atoms with Gasteiger partial charge in [0, 0.05) is 12.6 Å². The minimum Gasteiger partial charge on any atom is -0.410 e. The molecule has 0 aliphatic carbocycles. The van der Waals surface area contributed by atoms with Crippen LogP contribution in [0.2, 0.25) is 0 Å². The molecule has 0 radical (unpaired) electrons. The fourth-order valence-corrected chi connectivity index (χ4v) is 1.52. The fourth-order valence-electron chi connectivity index (χ4n) is 1.52. The highest BCUT2D eigenvalue weighted by molar-refractivity contribution is 5.70. The van der Waals surface area contributed by atoms with E-state index >= 15 is 0 Å². The zero-order valence-electron chi connectivity index (χ0n) is 9.90. The van der Waals surface area contributed by atoms with Crippen LogP contribution in [0.15, 0.2) is 48.5 Å². The number of carbonyl (C=O) groups excluding carboxylic acids is 1. The number of hydrogen-bond acceptors (Lipinski definition) is 2. The first kappa shape index (κ1) is 13.0. The third-order valence-electron chi connectivity index (χ3n) is 2.31. The number of hydrogen-bond donors (Lipinski definition) is 1. The Balaban J connectivity index is 1.90. The molecular formula is C14H11F2NO2. The standard InChI is InChI=1S/C14H11F2NO2/c15-11-6-10(7-12(16)8-11)9-17-14(18)19-13-4-2-1-3-5-13/h1-8H,9H2,(H,17,18). The summed E-state index contributed by atoms with van der Waals surface area (Å²) in [4.78, 5) is 11.4. The van der Waals surface area contributed by atoms with Gasteiger partial charge in [0.2, 0.25) is 0 Å². The highest BCUT2D eigenvalue weighted by Crippen LogP contribution is 2.09. The first-order chi connectivity index (χ1) is 9.13. The summed E-state index contributed by atoms with van der Waals surface area (Å²) in [5.74, 6) is -0.980. The smallest absolute Gasteiger partial charge is 0.410 e. The van der Waals surface area contributed by atoms with Gasteiger partial charge in [0.05, 0.1) is 0 Å². The van der Waals surface area contributed by atoms with Crippen LogP contribution in [0.3, 0.4) is 0 Å².